The summed E-state index contributed by atoms with van der Waals surface area (Å²) in [6.07, 6.45) is 6.38. The Balaban J connectivity index is 1.44. The molecular weight excluding hydrogens is 329 g/mol. The minimum absolute atomic E-state index is 0.271. The van der Waals surface area contributed by atoms with E-state index in [0.29, 0.717) is 23.4 Å². The number of thioether (sulfide) groups is 1. The molecule has 1 aliphatic carbocycles. The SMILES string of the molecule is Fc1ccc(-c2cnc(CSc3nnnn3C3CCCC3)o2)cc1. The van der Waals surface area contributed by atoms with Crippen molar-refractivity contribution in [3.05, 3.63) is 42.2 Å². The molecule has 0 amide bonds. The number of aromatic nitrogens is 5. The zero-order chi connectivity index (χ0) is 16.4. The molecule has 4 rings (SSSR count). The molecule has 1 aromatic carbocycles. The fourth-order valence-corrected chi connectivity index (χ4v) is 3.71. The molecule has 0 unspecified atom stereocenters. The lowest BCUT2D eigenvalue weighted by Crippen LogP contribution is -2.08. The molecule has 2 aromatic heterocycles. The Kier molecular flexibility index (Phi) is 4.29. The van der Waals surface area contributed by atoms with Crippen molar-refractivity contribution in [2.24, 2.45) is 0 Å². The Morgan fingerprint density at radius 1 is 1.21 bits per heavy atom. The number of rotatable bonds is 5. The van der Waals surface area contributed by atoms with E-state index in [4.69, 9.17) is 4.42 Å². The fourth-order valence-electron chi connectivity index (χ4n) is 2.91. The summed E-state index contributed by atoms with van der Waals surface area (Å²) < 4.78 is 20.6. The first kappa shape index (κ1) is 15.3. The van der Waals surface area contributed by atoms with Crippen LogP contribution in [0.25, 0.3) is 11.3 Å². The lowest BCUT2D eigenvalue weighted by molar-refractivity contribution is 0.422. The van der Waals surface area contributed by atoms with Gasteiger partial charge in [0.2, 0.25) is 11.0 Å². The number of benzene rings is 1. The highest BCUT2D eigenvalue weighted by molar-refractivity contribution is 7.98. The molecule has 24 heavy (non-hydrogen) atoms. The van der Waals surface area contributed by atoms with Crippen LogP contribution in [0.5, 0.6) is 0 Å². The normalized spacial score (nSPS) is 15.2. The van der Waals surface area contributed by atoms with Gasteiger partial charge in [-0.3, -0.25) is 0 Å². The van der Waals surface area contributed by atoms with Gasteiger partial charge >= 0.3 is 0 Å². The van der Waals surface area contributed by atoms with Crippen LogP contribution in [0.2, 0.25) is 0 Å². The van der Waals surface area contributed by atoms with Gasteiger partial charge in [-0.05, 0) is 47.5 Å². The van der Waals surface area contributed by atoms with Crippen LogP contribution in [0.3, 0.4) is 0 Å². The van der Waals surface area contributed by atoms with E-state index in [2.05, 4.69) is 20.5 Å². The summed E-state index contributed by atoms with van der Waals surface area (Å²) in [5.41, 5.74) is 0.802. The Hall–Kier alpha value is -2.22. The number of nitrogens with zero attached hydrogens (tertiary/aromatic N) is 5. The topological polar surface area (TPSA) is 69.6 Å². The summed E-state index contributed by atoms with van der Waals surface area (Å²) in [5, 5.41) is 12.8. The highest BCUT2D eigenvalue weighted by Gasteiger charge is 2.22. The van der Waals surface area contributed by atoms with Crippen LogP contribution in [-0.2, 0) is 5.75 Å². The van der Waals surface area contributed by atoms with Gasteiger partial charge in [-0.25, -0.2) is 14.1 Å². The molecule has 1 fully saturated rings. The molecule has 8 heteroatoms. The van der Waals surface area contributed by atoms with Crippen LogP contribution in [0.1, 0.15) is 37.6 Å². The van der Waals surface area contributed by atoms with E-state index >= 15 is 0 Å². The van der Waals surface area contributed by atoms with Gasteiger partial charge in [-0.1, -0.05) is 24.6 Å². The molecule has 124 valence electrons. The van der Waals surface area contributed by atoms with Crippen LogP contribution >= 0.6 is 11.8 Å². The van der Waals surface area contributed by atoms with Gasteiger partial charge < -0.3 is 4.42 Å². The van der Waals surface area contributed by atoms with Gasteiger partial charge in [0.15, 0.2) is 5.76 Å². The Labute approximate surface area is 142 Å². The van der Waals surface area contributed by atoms with Crippen LogP contribution in [0, 0.1) is 5.82 Å². The van der Waals surface area contributed by atoms with Gasteiger partial charge in [-0.2, -0.15) is 0 Å². The van der Waals surface area contributed by atoms with Crippen LogP contribution in [0.15, 0.2) is 40.0 Å². The summed E-state index contributed by atoms with van der Waals surface area (Å²) in [5.74, 6) is 1.50. The molecule has 0 atom stereocenters. The molecule has 0 aliphatic heterocycles. The highest BCUT2D eigenvalue weighted by atomic mass is 32.2. The minimum atomic E-state index is -0.271. The van der Waals surface area contributed by atoms with Crippen molar-refractivity contribution in [3.63, 3.8) is 0 Å². The largest absolute Gasteiger partial charge is 0.440 e. The maximum absolute atomic E-state index is 13.0. The first-order valence-electron chi connectivity index (χ1n) is 7.91. The standard InChI is InChI=1S/C16H16FN5OS/c17-12-7-5-11(6-8-12)14-9-18-15(23-14)10-24-16-19-20-21-22(16)13-3-1-2-4-13/h5-9,13H,1-4,10H2. The molecule has 0 N–H and O–H groups in total. The third-order valence-electron chi connectivity index (χ3n) is 4.14. The third-order valence-corrected chi connectivity index (χ3v) is 5.06. The molecule has 0 bridgehead atoms. The smallest absolute Gasteiger partial charge is 0.210 e. The van der Waals surface area contributed by atoms with Crippen molar-refractivity contribution in [2.75, 3.05) is 0 Å². The van der Waals surface area contributed by atoms with E-state index in [0.717, 1.165) is 23.6 Å². The summed E-state index contributed by atoms with van der Waals surface area (Å²) in [6.45, 7) is 0. The zero-order valence-electron chi connectivity index (χ0n) is 12.9. The second-order valence-electron chi connectivity index (χ2n) is 5.76. The highest BCUT2D eigenvalue weighted by Crippen LogP contribution is 2.32. The van der Waals surface area contributed by atoms with Crippen LogP contribution in [0.4, 0.5) is 4.39 Å². The maximum Gasteiger partial charge on any atom is 0.210 e. The van der Waals surface area contributed by atoms with E-state index < -0.39 is 0 Å². The van der Waals surface area contributed by atoms with Crippen molar-refractivity contribution < 1.29 is 8.81 Å². The van der Waals surface area contributed by atoms with Crippen molar-refractivity contribution >= 4 is 11.8 Å². The molecule has 0 saturated heterocycles. The molecule has 0 radical (unpaired) electrons. The van der Waals surface area contributed by atoms with Gasteiger partial charge in [-0.15, -0.1) is 5.10 Å². The monoisotopic (exact) mass is 345 g/mol. The number of tetrazole rings is 1. The van der Waals surface area contributed by atoms with E-state index in [1.165, 1.54) is 36.7 Å². The van der Waals surface area contributed by atoms with Crippen LogP contribution in [-0.4, -0.2) is 25.2 Å². The zero-order valence-corrected chi connectivity index (χ0v) is 13.7. The molecule has 6 nitrogen and oxygen atoms in total. The molecule has 2 heterocycles. The molecule has 1 saturated carbocycles. The Bertz CT molecular complexity index is 810. The van der Waals surface area contributed by atoms with E-state index in [9.17, 15) is 4.39 Å². The molecule has 1 aliphatic rings. The Morgan fingerprint density at radius 3 is 2.79 bits per heavy atom. The average molecular weight is 345 g/mol. The second-order valence-corrected chi connectivity index (χ2v) is 6.70. The van der Waals surface area contributed by atoms with E-state index in [1.54, 1.807) is 18.3 Å². The van der Waals surface area contributed by atoms with Gasteiger partial charge in [0, 0.05) is 5.56 Å². The van der Waals surface area contributed by atoms with Gasteiger partial charge in [0.05, 0.1) is 18.0 Å². The molecular formula is C16H16FN5OS. The van der Waals surface area contributed by atoms with Gasteiger partial charge in [0.1, 0.15) is 5.82 Å². The van der Waals surface area contributed by atoms with Crippen molar-refractivity contribution in [3.8, 4) is 11.3 Å². The van der Waals surface area contributed by atoms with Gasteiger partial charge in [0.25, 0.3) is 0 Å². The first-order valence-corrected chi connectivity index (χ1v) is 8.89. The van der Waals surface area contributed by atoms with Crippen molar-refractivity contribution in [1.82, 2.24) is 25.2 Å². The minimum Gasteiger partial charge on any atom is -0.440 e. The second kappa shape index (κ2) is 6.72. The lowest BCUT2D eigenvalue weighted by Gasteiger charge is -2.09. The third kappa shape index (κ3) is 3.19. The van der Waals surface area contributed by atoms with E-state index in [1.807, 2.05) is 4.68 Å². The molecule has 0 spiro atoms. The lowest BCUT2D eigenvalue weighted by atomic mass is 10.2. The van der Waals surface area contributed by atoms with Crippen LogP contribution < -0.4 is 0 Å². The number of halogens is 1. The summed E-state index contributed by atoms with van der Waals surface area (Å²) in [6, 6.07) is 6.56. The average Bonchev–Trinajstić information content (AvgIpc) is 3.34. The number of hydrogen-bond donors (Lipinski definition) is 0. The number of oxazole rings is 1. The number of hydrogen-bond acceptors (Lipinski definition) is 6. The van der Waals surface area contributed by atoms with E-state index in [-0.39, 0.29) is 5.82 Å². The summed E-state index contributed by atoms with van der Waals surface area (Å²) in [7, 11) is 0. The predicted molar refractivity (Wildman–Crippen MR) is 86.8 cm³/mol. The summed E-state index contributed by atoms with van der Waals surface area (Å²) >= 11 is 1.52. The molecule has 3 aromatic rings. The maximum atomic E-state index is 13.0. The first-order chi connectivity index (χ1) is 11.8. The van der Waals surface area contributed by atoms with Crippen molar-refractivity contribution in [1.29, 1.82) is 0 Å². The van der Waals surface area contributed by atoms with Crippen molar-refractivity contribution in [2.45, 2.75) is 42.6 Å². The summed E-state index contributed by atoms with van der Waals surface area (Å²) in [4.78, 5) is 4.28. The fraction of sp³-hybridized carbons (Fsp3) is 0.375. The quantitative estimate of drug-likeness (QED) is 0.654. The predicted octanol–water partition coefficient (Wildman–Crippen LogP) is 3.87. The Morgan fingerprint density at radius 2 is 2.00 bits per heavy atom.